The molecule has 3 aromatic carbocycles. The van der Waals surface area contributed by atoms with Crippen molar-refractivity contribution in [1.29, 1.82) is 0 Å². The standard InChI is InChI=1S/C41H51N5O6.2ClH/c42-29-12-16-31(17-13-29)46(41(51)52)35-23-26(11-18-32(35)28-6-2-1-3-7-28)5-4-8-38(49)44-30-14-9-27(10-15-30)24-43-25-37(48)33-19-21-36(47)40-34(33)20-22-39(50)45-40;;/h1-3,6-7,11,18-23,27,29-31,37,43,47-48H,4-5,8-10,12-17,24-25,42H2,(H,44,49)(H,45,50)(H,51,52);2*1H/t27?,29?,30?,31?,37-;;/m0../s1. The topological polar surface area (TPSA) is 181 Å². The van der Waals surface area contributed by atoms with Gasteiger partial charge in [0.2, 0.25) is 11.5 Å². The van der Waals surface area contributed by atoms with Crippen molar-refractivity contribution in [2.45, 2.75) is 94.9 Å². The van der Waals surface area contributed by atoms with E-state index in [9.17, 15) is 29.7 Å². The molecule has 2 aliphatic carbocycles. The van der Waals surface area contributed by atoms with Gasteiger partial charge in [-0.25, -0.2) is 4.79 Å². The number of nitrogens with two attached hydrogens (primary N) is 1. The average Bonchev–Trinajstić information content (AvgIpc) is 3.14. The van der Waals surface area contributed by atoms with Gasteiger partial charge in [-0.1, -0.05) is 48.5 Å². The Kier molecular flexibility index (Phi) is 15.8. The molecule has 8 N–H and O–H groups in total. The lowest BCUT2D eigenvalue weighted by atomic mass is 9.86. The van der Waals surface area contributed by atoms with Crippen LogP contribution in [0.15, 0.2) is 77.6 Å². The number of aliphatic hydroxyl groups is 1. The van der Waals surface area contributed by atoms with Crippen LogP contribution in [0.4, 0.5) is 10.5 Å². The maximum atomic E-state index is 13.0. The first-order valence-electron chi connectivity index (χ1n) is 18.7. The van der Waals surface area contributed by atoms with E-state index in [-0.39, 0.29) is 60.2 Å². The van der Waals surface area contributed by atoms with Gasteiger partial charge in [0.15, 0.2) is 0 Å². The van der Waals surface area contributed by atoms with E-state index in [2.05, 4.69) is 15.6 Å². The first-order chi connectivity index (χ1) is 25.2. The summed E-state index contributed by atoms with van der Waals surface area (Å²) in [6.45, 7) is 1.10. The van der Waals surface area contributed by atoms with Gasteiger partial charge in [-0.05, 0) is 112 Å². The van der Waals surface area contributed by atoms with Crippen molar-refractivity contribution < 1.29 is 24.9 Å². The number of anilines is 1. The van der Waals surface area contributed by atoms with E-state index >= 15 is 0 Å². The summed E-state index contributed by atoms with van der Waals surface area (Å²) in [6, 6.07) is 22.2. The molecule has 6 rings (SSSR count). The second-order valence-electron chi connectivity index (χ2n) is 14.5. The van der Waals surface area contributed by atoms with Crippen LogP contribution in [0.3, 0.4) is 0 Å². The number of aliphatic hydroxyl groups excluding tert-OH is 1. The highest BCUT2D eigenvalue weighted by Gasteiger charge is 2.31. The summed E-state index contributed by atoms with van der Waals surface area (Å²) in [6.07, 6.45) is 6.79. The zero-order valence-corrected chi connectivity index (χ0v) is 32.0. The van der Waals surface area contributed by atoms with Crippen molar-refractivity contribution in [3.8, 4) is 16.9 Å². The molecule has 2 amide bonds. The monoisotopic (exact) mass is 781 g/mol. The van der Waals surface area contributed by atoms with E-state index in [1.807, 2.05) is 48.5 Å². The number of nitrogens with zero attached hydrogens (tertiary/aromatic N) is 1. The minimum atomic E-state index is -0.959. The number of aromatic hydroxyl groups is 1. The molecular weight excluding hydrogens is 729 g/mol. The number of hydrogen-bond acceptors (Lipinski definition) is 7. The van der Waals surface area contributed by atoms with Crippen LogP contribution < -0.4 is 26.8 Å². The Morgan fingerprint density at radius 1 is 0.907 bits per heavy atom. The molecule has 0 radical (unpaired) electrons. The van der Waals surface area contributed by atoms with Crippen molar-refractivity contribution in [1.82, 2.24) is 15.6 Å². The molecule has 1 atom stereocenters. The van der Waals surface area contributed by atoms with Crippen LogP contribution in [0.2, 0.25) is 0 Å². The Balaban J connectivity index is 0.00000325. The number of aryl methyl sites for hydroxylation is 1. The number of nitrogens with one attached hydrogen (secondary N) is 3. The van der Waals surface area contributed by atoms with Gasteiger partial charge >= 0.3 is 6.09 Å². The number of rotatable bonds is 13. The summed E-state index contributed by atoms with van der Waals surface area (Å²) in [5.74, 6) is 0.449. The van der Waals surface area contributed by atoms with Gasteiger partial charge in [0.1, 0.15) is 5.75 Å². The Morgan fingerprint density at radius 2 is 1.63 bits per heavy atom. The molecule has 2 fully saturated rings. The van der Waals surface area contributed by atoms with E-state index in [1.54, 1.807) is 17.0 Å². The van der Waals surface area contributed by atoms with Crippen molar-refractivity contribution in [2.75, 3.05) is 18.0 Å². The Morgan fingerprint density at radius 3 is 2.33 bits per heavy atom. The van der Waals surface area contributed by atoms with Crippen molar-refractivity contribution in [3.05, 3.63) is 94.3 Å². The number of halogens is 2. The third kappa shape index (κ3) is 10.8. The maximum Gasteiger partial charge on any atom is 0.412 e. The SMILES string of the molecule is Cl.Cl.NC1CCC(N(C(=O)O)c2cc(CCCC(=O)NC3CCC(CNC[C@H](O)c4ccc(O)c5[nH]c(=O)ccc45)CC3)ccc2-c2ccccc2)CC1. The van der Waals surface area contributed by atoms with Crippen LogP contribution in [0.25, 0.3) is 22.0 Å². The highest BCUT2D eigenvalue weighted by molar-refractivity contribution is 5.94. The van der Waals surface area contributed by atoms with Crippen LogP contribution in [-0.2, 0) is 11.2 Å². The second kappa shape index (κ2) is 20.0. The molecular formula is C41H53Cl2N5O6. The van der Waals surface area contributed by atoms with Crippen LogP contribution in [0.5, 0.6) is 5.75 Å². The van der Waals surface area contributed by atoms with Gasteiger partial charge in [-0.3, -0.25) is 14.5 Å². The maximum absolute atomic E-state index is 13.0. The van der Waals surface area contributed by atoms with E-state index < -0.39 is 12.2 Å². The lowest BCUT2D eigenvalue weighted by Crippen LogP contribution is -2.44. The zero-order chi connectivity index (χ0) is 36.6. The third-order valence-electron chi connectivity index (χ3n) is 10.8. The number of fused-ring (bicyclic) bond motifs is 1. The summed E-state index contributed by atoms with van der Waals surface area (Å²) in [5, 5.41) is 38.6. The third-order valence-corrected chi connectivity index (χ3v) is 10.8. The number of aromatic nitrogens is 1. The molecule has 2 saturated carbocycles. The van der Waals surface area contributed by atoms with Crippen molar-refractivity contribution in [2.24, 2.45) is 11.7 Å². The average molecular weight is 783 g/mol. The highest BCUT2D eigenvalue weighted by atomic mass is 35.5. The summed E-state index contributed by atoms with van der Waals surface area (Å²) in [5.41, 5.74) is 10.3. The predicted octanol–water partition coefficient (Wildman–Crippen LogP) is 6.82. The molecule has 4 aromatic rings. The largest absolute Gasteiger partial charge is 0.506 e. The number of hydrogen-bond donors (Lipinski definition) is 7. The number of aromatic amines is 1. The molecule has 1 aromatic heterocycles. The van der Waals surface area contributed by atoms with Crippen molar-refractivity contribution in [3.63, 3.8) is 0 Å². The van der Waals surface area contributed by atoms with Gasteiger partial charge in [0.25, 0.3) is 0 Å². The quantitative estimate of drug-likeness (QED) is 0.0772. The molecule has 0 saturated heterocycles. The van der Waals surface area contributed by atoms with E-state index in [1.165, 1.54) is 12.1 Å². The Labute approximate surface area is 328 Å². The number of carboxylic acid groups (broad SMARTS) is 1. The normalized spacial score (nSPS) is 20.3. The molecule has 0 bridgehead atoms. The molecule has 0 unspecified atom stereocenters. The number of phenols is 1. The van der Waals surface area contributed by atoms with Crippen LogP contribution in [0.1, 0.15) is 81.4 Å². The molecule has 54 heavy (non-hydrogen) atoms. The summed E-state index contributed by atoms with van der Waals surface area (Å²) in [7, 11) is 0. The van der Waals surface area contributed by atoms with Crippen molar-refractivity contribution >= 4 is 53.4 Å². The van der Waals surface area contributed by atoms with Gasteiger partial charge in [-0.15, -0.1) is 24.8 Å². The van der Waals surface area contributed by atoms with Gasteiger partial charge in [-0.2, -0.15) is 0 Å². The first kappa shape index (κ1) is 42.6. The lowest BCUT2D eigenvalue weighted by molar-refractivity contribution is -0.122. The number of carbonyl (C=O) groups is 2. The molecule has 11 nitrogen and oxygen atoms in total. The number of carbonyl (C=O) groups excluding carboxylic acids is 1. The predicted molar refractivity (Wildman–Crippen MR) is 218 cm³/mol. The van der Waals surface area contributed by atoms with Gasteiger partial charge in [0, 0.05) is 48.1 Å². The molecule has 292 valence electrons. The Bertz CT molecular complexity index is 1890. The van der Waals surface area contributed by atoms with Crippen LogP contribution in [0, 0.1) is 5.92 Å². The van der Waals surface area contributed by atoms with Gasteiger partial charge in [0.05, 0.1) is 17.3 Å². The molecule has 2 aliphatic rings. The highest BCUT2D eigenvalue weighted by Crippen LogP contribution is 2.37. The first-order valence-corrected chi connectivity index (χ1v) is 18.7. The molecule has 1 heterocycles. The van der Waals surface area contributed by atoms with E-state index in [0.29, 0.717) is 53.9 Å². The molecule has 0 aliphatic heterocycles. The number of H-pyrrole nitrogens is 1. The smallest absolute Gasteiger partial charge is 0.412 e. The molecule has 0 spiro atoms. The molecule has 13 heteroatoms. The fourth-order valence-corrected chi connectivity index (χ4v) is 7.96. The number of phenolic OH excluding ortho intramolecular Hbond substituents is 1. The lowest BCUT2D eigenvalue weighted by Gasteiger charge is -2.35. The minimum Gasteiger partial charge on any atom is -0.506 e. The van der Waals surface area contributed by atoms with E-state index in [4.69, 9.17) is 5.73 Å². The van der Waals surface area contributed by atoms with E-state index in [0.717, 1.165) is 74.6 Å². The van der Waals surface area contributed by atoms with Crippen LogP contribution >= 0.6 is 24.8 Å². The fourth-order valence-electron chi connectivity index (χ4n) is 7.96. The number of amides is 2. The second-order valence-corrected chi connectivity index (χ2v) is 14.5. The van der Waals surface area contributed by atoms with Crippen LogP contribution in [-0.4, -0.2) is 63.5 Å². The summed E-state index contributed by atoms with van der Waals surface area (Å²) >= 11 is 0. The summed E-state index contributed by atoms with van der Waals surface area (Å²) < 4.78 is 0. The van der Waals surface area contributed by atoms with Gasteiger partial charge < -0.3 is 36.7 Å². The fraction of sp³-hybridized carbons (Fsp3) is 0.439. The minimum absolute atomic E-state index is 0. The number of benzene rings is 3. The summed E-state index contributed by atoms with van der Waals surface area (Å²) in [4.78, 5) is 41.5. The zero-order valence-electron chi connectivity index (χ0n) is 30.4. The number of pyridine rings is 1. The Hall–Kier alpha value is -4.13.